The van der Waals surface area contributed by atoms with Crippen molar-refractivity contribution in [3.05, 3.63) is 35.4 Å². The van der Waals surface area contributed by atoms with Gasteiger partial charge in [-0.25, -0.2) is 0 Å². The van der Waals surface area contributed by atoms with Gasteiger partial charge in [0.05, 0.1) is 12.6 Å². The molecule has 0 saturated heterocycles. The first-order chi connectivity index (χ1) is 8.13. The molecular weight excluding hydrogens is 210 g/mol. The van der Waals surface area contributed by atoms with Crippen LogP contribution in [0, 0.1) is 12.8 Å². The summed E-state index contributed by atoms with van der Waals surface area (Å²) in [4.78, 5) is 0. The molecule has 1 unspecified atom stereocenters. The highest BCUT2D eigenvalue weighted by molar-refractivity contribution is 5.25. The molecule has 0 radical (unpaired) electrons. The fourth-order valence-corrected chi connectivity index (χ4v) is 1.75. The average molecular weight is 235 g/mol. The third-order valence-electron chi connectivity index (χ3n) is 2.92. The van der Waals surface area contributed by atoms with Crippen LogP contribution in [0.15, 0.2) is 24.3 Å². The number of likely N-dealkylation sites (N-methyl/N-ethyl adjacent to an activating group) is 1. The zero-order valence-corrected chi connectivity index (χ0v) is 11.5. The minimum absolute atomic E-state index is 0.294. The number of ether oxygens (including phenoxy) is 1. The zero-order valence-electron chi connectivity index (χ0n) is 11.5. The quantitative estimate of drug-likeness (QED) is 0.732. The Morgan fingerprint density at radius 2 is 2.06 bits per heavy atom. The molecule has 1 rings (SSSR count). The third-order valence-corrected chi connectivity index (χ3v) is 2.92. The molecule has 0 aliphatic rings. The SMILES string of the molecule is CNC(COCCC(C)C)c1cccc(C)c1. The first-order valence-electron chi connectivity index (χ1n) is 6.45. The highest BCUT2D eigenvalue weighted by atomic mass is 16.5. The first kappa shape index (κ1) is 14.2. The summed E-state index contributed by atoms with van der Waals surface area (Å²) in [6.45, 7) is 8.16. The van der Waals surface area contributed by atoms with Crippen molar-refractivity contribution >= 4 is 0 Å². The van der Waals surface area contributed by atoms with Gasteiger partial charge in [-0.15, -0.1) is 0 Å². The van der Waals surface area contributed by atoms with Crippen molar-refractivity contribution in [2.75, 3.05) is 20.3 Å². The van der Waals surface area contributed by atoms with Crippen molar-refractivity contribution in [3.63, 3.8) is 0 Å². The molecule has 1 atom stereocenters. The van der Waals surface area contributed by atoms with Crippen LogP contribution in [0.3, 0.4) is 0 Å². The number of benzene rings is 1. The van der Waals surface area contributed by atoms with Gasteiger partial charge in [0, 0.05) is 6.61 Å². The Bertz CT molecular complexity index is 322. The van der Waals surface area contributed by atoms with E-state index in [1.807, 2.05) is 7.05 Å². The van der Waals surface area contributed by atoms with Crippen LogP contribution in [0.1, 0.15) is 37.4 Å². The molecule has 0 aliphatic heterocycles. The Kier molecular flexibility index (Phi) is 6.23. The summed E-state index contributed by atoms with van der Waals surface area (Å²) in [7, 11) is 1.98. The normalized spacial score (nSPS) is 13.0. The second-order valence-electron chi connectivity index (χ2n) is 5.01. The number of hydrogen-bond donors (Lipinski definition) is 1. The summed E-state index contributed by atoms with van der Waals surface area (Å²) in [5.74, 6) is 0.710. The second kappa shape index (κ2) is 7.46. The van der Waals surface area contributed by atoms with Gasteiger partial charge in [-0.1, -0.05) is 43.7 Å². The zero-order chi connectivity index (χ0) is 12.7. The highest BCUT2D eigenvalue weighted by Crippen LogP contribution is 2.14. The third kappa shape index (κ3) is 5.33. The fourth-order valence-electron chi connectivity index (χ4n) is 1.75. The minimum atomic E-state index is 0.294. The molecule has 1 aromatic carbocycles. The molecule has 1 N–H and O–H groups in total. The average Bonchev–Trinajstić information content (AvgIpc) is 2.29. The molecule has 0 aromatic heterocycles. The molecule has 0 amide bonds. The molecule has 2 heteroatoms. The molecule has 2 nitrogen and oxygen atoms in total. The van der Waals surface area contributed by atoms with Gasteiger partial charge in [-0.3, -0.25) is 0 Å². The van der Waals surface area contributed by atoms with Crippen molar-refractivity contribution in [1.29, 1.82) is 0 Å². The van der Waals surface area contributed by atoms with E-state index < -0.39 is 0 Å². The molecule has 0 fully saturated rings. The van der Waals surface area contributed by atoms with Gasteiger partial charge in [-0.05, 0) is 31.9 Å². The van der Waals surface area contributed by atoms with E-state index in [9.17, 15) is 0 Å². The molecule has 1 aromatic rings. The van der Waals surface area contributed by atoms with Crippen molar-refractivity contribution in [3.8, 4) is 0 Å². The molecule has 17 heavy (non-hydrogen) atoms. The van der Waals surface area contributed by atoms with E-state index in [0.717, 1.165) is 19.6 Å². The topological polar surface area (TPSA) is 21.3 Å². The summed E-state index contributed by atoms with van der Waals surface area (Å²) in [5, 5.41) is 3.31. The lowest BCUT2D eigenvalue weighted by Crippen LogP contribution is -2.22. The van der Waals surface area contributed by atoms with Crippen LogP contribution in [-0.2, 0) is 4.74 Å². The van der Waals surface area contributed by atoms with Gasteiger partial charge in [0.15, 0.2) is 0 Å². The Labute approximate surface area is 105 Å². The number of rotatable bonds is 7. The molecule has 0 heterocycles. The predicted molar refractivity (Wildman–Crippen MR) is 73.3 cm³/mol. The van der Waals surface area contributed by atoms with E-state index in [1.54, 1.807) is 0 Å². The Morgan fingerprint density at radius 1 is 1.29 bits per heavy atom. The molecule has 96 valence electrons. The first-order valence-corrected chi connectivity index (χ1v) is 6.45. The standard InChI is InChI=1S/C15H25NO/c1-12(2)8-9-17-11-15(16-4)14-7-5-6-13(3)10-14/h5-7,10,12,15-16H,8-9,11H2,1-4H3. The molecule has 0 saturated carbocycles. The van der Waals surface area contributed by atoms with Gasteiger partial charge in [0.1, 0.15) is 0 Å². The number of aryl methyl sites for hydroxylation is 1. The van der Waals surface area contributed by atoms with Crippen LogP contribution in [0.25, 0.3) is 0 Å². The maximum Gasteiger partial charge on any atom is 0.0661 e. The smallest absolute Gasteiger partial charge is 0.0661 e. The lowest BCUT2D eigenvalue weighted by molar-refractivity contribution is 0.104. The molecule has 0 bridgehead atoms. The van der Waals surface area contributed by atoms with Gasteiger partial charge < -0.3 is 10.1 Å². The Balaban J connectivity index is 2.43. The van der Waals surface area contributed by atoms with E-state index in [2.05, 4.69) is 50.4 Å². The Morgan fingerprint density at radius 3 is 2.65 bits per heavy atom. The summed E-state index contributed by atoms with van der Waals surface area (Å²) >= 11 is 0. The number of nitrogens with one attached hydrogen (secondary N) is 1. The van der Waals surface area contributed by atoms with Crippen LogP contribution in [-0.4, -0.2) is 20.3 Å². The summed E-state index contributed by atoms with van der Waals surface area (Å²) in [6.07, 6.45) is 1.13. The van der Waals surface area contributed by atoms with Gasteiger partial charge in [-0.2, -0.15) is 0 Å². The molecular formula is C15H25NO. The lowest BCUT2D eigenvalue weighted by atomic mass is 10.1. The van der Waals surface area contributed by atoms with Crippen molar-refractivity contribution in [2.24, 2.45) is 5.92 Å². The largest absolute Gasteiger partial charge is 0.379 e. The van der Waals surface area contributed by atoms with Gasteiger partial charge in [0.2, 0.25) is 0 Å². The fraction of sp³-hybridized carbons (Fsp3) is 0.600. The van der Waals surface area contributed by atoms with Crippen LogP contribution >= 0.6 is 0 Å². The van der Waals surface area contributed by atoms with Crippen molar-refractivity contribution in [1.82, 2.24) is 5.32 Å². The van der Waals surface area contributed by atoms with Crippen LogP contribution in [0.4, 0.5) is 0 Å². The predicted octanol–water partition coefficient (Wildman–Crippen LogP) is 3.32. The van der Waals surface area contributed by atoms with Crippen LogP contribution in [0.2, 0.25) is 0 Å². The summed E-state index contributed by atoms with van der Waals surface area (Å²) < 4.78 is 5.73. The minimum Gasteiger partial charge on any atom is -0.379 e. The highest BCUT2D eigenvalue weighted by Gasteiger charge is 2.09. The molecule has 0 aliphatic carbocycles. The maximum absolute atomic E-state index is 5.73. The van der Waals surface area contributed by atoms with E-state index in [1.165, 1.54) is 11.1 Å². The van der Waals surface area contributed by atoms with Gasteiger partial charge in [0.25, 0.3) is 0 Å². The maximum atomic E-state index is 5.73. The summed E-state index contributed by atoms with van der Waals surface area (Å²) in [6, 6.07) is 8.88. The van der Waals surface area contributed by atoms with E-state index >= 15 is 0 Å². The van der Waals surface area contributed by atoms with E-state index in [-0.39, 0.29) is 0 Å². The van der Waals surface area contributed by atoms with E-state index in [4.69, 9.17) is 4.74 Å². The van der Waals surface area contributed by atoms with Crippen molar-refractivity contribution < 1.29 is 4.74 Å². The van der Waals surface area contributed by atoms with Crippen LogP contribution < -0.4 is 5.32 Å². The molecule has 0 spiro atoms. The monoisotopic (exact) mass is 235 g/mol. The Hall–Kier alpha value is -0.860. The van der Waals surface area contributed by atoms with E-state index in [0.29, 0.717) is 12.0 Å². The number of hydrogen-bond acceptors (Lipinski definition) is 2. The second-order valence-corrected chi connectivity index (χ2v) is 5.01. The van der Waals surface area contributed by atoms with Crippen molar-refractivity contribution in [2.45, 2.75) is 33.2 Å². The van der Waals surface area contributed by atoms with Crippen LogP contribution in [0.5, 0.6) is 0 Å². The summed E-state index contributed by atoms with van der Waals surface area (Å²) in [5.41, 5.74) is 2.60. The lowest BCUT2D eigenvalue weighted by Gasteiger charge is -2.17. The van der Waals surface area contributed by atoms with Gasteiger partial charge >= 0.3 is 0 Å².